The fraction of sp³-hybridized carbons (Fsp3) is 0.333. The normalized spacial score (nSPS) is 10.1. The monoisotopic (exact) mass is 326 g/mol. The molecular formula is C15H19ClN2O4. The minimum absolute atomic E-state index is 0. The first-order valence-corrected chi connectivity index (χ1v) is 6.65. The maximum absolute atomic E-state index is 11.8. The molecule has 1 amide bonds. The maximum atomic E-state index is 11.8. The molecule has 0 aliphatic rings. The van der Waals surface area contributed by atoms with Gasteiger partial charge in [0.15, 0.2) is 6.61 Å². The molecule has 0 atom stereocenters. The summed E-state index contributed by atoms with van der Waals surface area (Å²) in [5, 5.41) is 3.78. The first kappa shape index (κ1) is 18.0. The summed E-state index contributed by atoms with van der Waals surface area (Å²) >= 11 is 0. The van der Waals surface area contributed by atoms with E-state index >= 15 is 0 Å². The van der Waals surface area contributed by atoms with Crippen LogP contribution in [-0.4, -0.2) is 44.6 Å². The zero-order valence-electron chi connectivity index (χ0n) is 12.5. The second kappa shape index (κ2) is 8.41. The van der Waals surface area contributed by atoms with Gasteiger partial charge in [-0.3, -0.25) is 4.79 Å². The highest BCUT2D eigenvalue weighted by molar-refractivity contribution is 5.85. The molecule has 6 nitrogen and oxygen atoms in total. The topological polar surface area (TPSA) is 71.8 Å². The molecule has 1 heterocycles. The zero-order valence-corrected chi connectivity index (χ0v) is 13.3. The predicted molar refractivity (Wildman–Crippen MR) is 86.8 cm³/mol. The second-order valence-corrected chi connectivity index (χ2v) is 4.66. The number of halogens is 1. The quantitative estimate of drug-likeness (QED) is 0.809. The zero-order chi connectivity index (χ0) is 15.2. The highest BCUT2D eigenvalue weighted by atomic mass is 35.5. The number of hydrogen-bond donors (Lipinski definition) is 1. The van der Waals surface area contributed by atoms with Crippen LogP contribution in [-0.2, 0) is 4.79 Å². The predicted octanol–water partition coefficient (Wildman–Crippen LogP) is 1.27. The van der Waals surface area contributed by atoms with Crippen molar-refractivity contribution in [1.82, 2.24) is 10.2 Å². The molecule has 120 valence electrons. The van der Waals surface area contributed by atoms with E-state index < -0.39 is 5.63 Å². The molecule has 1 aromatic carbocycles. The number of hydrogen-bond acceptors (Lipinski definition) is 5. The molecule has 1 N–H and O–H groups in total. The molecular weight excluding hydrogens is 308 g/mol. The van der Waals surface area contributed by atoms with Crippen LogP contribution in [0.15, 0.2) is 39.5 Å². The highest BCUT2D eigenvalue weighted by Gasteiger charge is 2.09. The van der Waals surface area contributed by atoms with Gasteiger partial charge in [0.05, 0.1) is 0 Å². The lowest BCUT2D eigenvalue weighted by atomic mass is 10.2. The molecule has 2 rings (SSSR count). The van der Waals surface area contributed by atoms with E-state index in [9.17, 15) is 9.59 Å². The van der Waals surface area contributed by atoms with Gasteiger partial charge in [-0.2, -0.15) is 0 Å². The maximum Gasteiger partial charge on any atom is 0.336 e. The summed E-state index contributed by atoms with van der Waals surface area (Å²) in [6.45, 7) is 1.29. The Morgan fingerprint density at radius 3 is 2.77 bits per heavy atom. The number of nitrogens with one attached hydrogen (secondary N) is 1. The second-order valence-electron chi connectivity index (χ2n) is 4.66. The third-order valence-electron chi connectivity index (χ3n) is 3.08. The highest BCUT2D eigenvalue weighted by Crippen LogP contribution is 2.19. The van der Waals surface area contributed by atoms with Gasteiger partial charge in [0.1, 0.15) is 11.3 Å². The fourth-order valence-corrected chi connectivity index (χ4v) is 1.79. The van der Waals surface area contributed by atoms with Gasteiger partial charge in [-0.25, -0.2) is 4.79 Å². The Balaban J connectivity index is 0.00000242. The van der Waals surface area contributed by atoms with E-state index in [2.05, 4.69) is 5.32 Å². The Bertz CT molecular complexity index is 687. The Morgan fingerprint density at radius 1 is 1.32 bits per heavy atom. The largest absolute Gasteiger partial charge is 0.484 e. The average Bonchev–Trinajstić information content (AvgIpc) is 2.49. The smallest absolute Gasteiger partial charge is 0.336 e. The molecule has 0 radical (unpaired) electrons. The lowest BCUT2D eigenvalue weighted by Gasteiger charge is -2.17. The molecule has 7 heteroatoms. The van der Waals surface area contributed by atoms with Gasteiger partial charge in [-0.15, -0.1) is 12.4 Å². The Morgan fingerprint density at radius 2 is 2.05 bits per heavy atom. The SMILES string of the molecule is CNCCN(C)C(=O)COc1ccc2ccc(=O)oc2c1.Cl. The fourth-order valence-electron chi connectivity index (χ4n) is 1.79. The van der Waals surface area contributed by atoms with Crippen LogP contribution in [0.5, 0.6) is 5.75 Å². The van der Waals surface area contributed by atoms with E-state index in [1.54, 1.807) is 36.2 Å². The molecule has 0 saturated carbocycles. The van der Waals surface area contributed by atoms with Gasteiger partial charge in [0.2, 0.25) is 0 Å². The van der Waals surface area contributed by atoms with Crippen LogP contribution in [0.2, 0.25) is 0 Å². The molecule has 0 aliphatic heterocycles. The minimum Gasteiger partial charge on any atom is -0.484 e. The number of nitrogens with zero attached hydrogens (tertiary/aromatic N) is 1. The summed E-state index contributed by atoms with van der Waals surface area (Å²) in [6, 6.07) is 8.17. The third kappa shape index (κ3) is 4.75. The molecule has 0 aliphatic carbocycles. The molecule has 22 heavy (non-hydrogen) atoms. The summed E-state index contributed by atoms with van der Waals surface area (Å²) in [7, 11) is 3.56. The number of amides is 1. The third-order valence-corrected chi connectivity index (χ3v) is 3.08. The van der Waals surface area contributed by atoms with Crippen molar-refractivity contribution in [3.8, 4) is 5.75 Å². The number of carbonyl (C=O) groups is 1. The van der Waals surface area contributed by atoms with Gasteiger partial charge >= 0.3 is 5.63 Å². The van der Waals surface area contributed by atoms with Gasteiger partial charge in [0.25, 0.3) is 5.91 Å². The van der Waals surface area contributed by atoms with Crippen LogP contribution in [0, 0.1) is 0 Å². The van der Waals surface area contributed by atoms with Crippen LogP contribution in [0.1, 0.15) is 0 Å². The van der Waals surface area contributed by atoms with Crippen LogP contribution in [0.3, 0.4) is 0 Å². The number of benzene rings is 1. The first-order chi connectivity index (χ1) is 10.1. The standard InChI is InChI=1S/C15H18N2O4.ClH/c1-16-7-8-17(2)14(18)10-20-12-5-3-11-4-6-15(19)21-13(11)9-12;/h3-6,9,16H,7-8,10H2,1-2H3;1H. The molecule has 0 bridgehead atoms. The molecule has 0 spiro atoms. The van der Waals surface area contributed by atoms with Crippen molar-refractivity contribution in [2.24, 2.45) is 0 Å². The molecule has 0 unspecified atom stereocenters. The minimum atomic E-state index is -0.414. The lowest BCUT2D eigenvalue weighted by molar-refractivity contribution is -0.131. The van der Waals surface area contributed by atoms with Gasteiger partial charge in [0, 0.05) is 37.7 Å². The molecule has 2 aromatic rings. The van der Waals surface area contributed by atoms with E-state index in [-0.39, 0.29) is 24.9 Å². The number of carbonyl (C=O) groups excluding carboxylic acids is 1. The van der Waals surface area contributed by atoms with Crippen molar-refractivity contribution in [2.45, 2.75) is 0 Å². The summed E-state index contributed by atoms with van der Waals surface area (Å²) in [5.74, 6) is 0.382. The van der Waals surface area contributed by atoms with Crippen LogP contribution in [0.4, 0.5) is 0 Å². The van der Waals surface area contributed by atoms with Crippen molar-refractivity contribution in [3.05, 3.63) is 40.8 Å². The van der Waals surface area contributed by atoms with Crippen LogP contribution < -0.4 is 15.7 Å². The summed E-state index contributed by atoms with van der Waals surface area (Å²) in [6.07, 6.45) is 0. The summed E-state index contributed by atoms with van der Waals surface area (Å²) < 4.78 is 10.5. The van der Waals surface area contributed by atoms with Crippen molar-refractivity contribution in [2.75, 3.05) is 33.8 Å². The van der Waals surface area contributed by atoms with Crippen molar-refractivity contribution in [3.63, 3.8) is 0 Å². The van der Waals surface area contributed by atoms with E-state index in [1.807, 2.05) is 7.05 Å². The molecule has 1 aromatic heterocycles. The number of rotatable bonds is 6. The Hall–Kier alpha value is -2.05. The van der Waals surface area contributed by atoms with Gasteiger partial charge in [-0.05, 0) is 25.2 Å². The Labute approximate surface area is 134 Å². The van der Waals surface area contributed by atoms with Crippen molar-refractivity contribution >= 4 is 29.3 Å². The number of ether oxygens (including phenoxy) is 1. The van der Waals surface area contributed by atoms with E-state index in [0.717, 1.165) is 11.9 Å². The van der Waals surface area contributed by atoms with E-state index in [1.165, 1.54) is 6.07 Å². The average molecular weight is 327 g/mol. The van der Waals surface area contributed by atoms with E-state index in [0.29, 0.717) is 17.9 Å². The summed E-state index contributed by atoms with van der Waals surface area (Å²) in [4.78, 5) is 24.6. The first-order valence-electron chi connectivity index (χ1n) is 6.65. The lowest BCUT2D eigenvalue weighted by Crippen LogP contribution is -2.35. The number of likely N-dealkylation sites (N-methyl/N-ethyl adjacent to an activating group) is 2. The molecule has 0 fully saturated rings. The number of fused-ring (bicyclic) bond motifs is 1. The van der Waals surface area contributed by atoms with Crippen LogP contribution >= 0.6 is 12.4 Å². The van der Waals surface area contributed by atoms with Crippen molar-refractivity contribution in [1.29, 1.82) is 0 Å². The molecule has 0 saturated heterocycles. The van der Waals surface area contributed by atoms with Gasteiger partial charge in [-0.1, -0.05) is 0 Å². The van der Waals surface area contributed by atoms with Crippen LogP contribution in [0.25, 0.3) is 11.0 Å². The van der Waals surface area contributed by atoms with Crippen molar-refractivity contribution < 1.29 is 13.9 Å². The Kier molecular flexibility index (Phi) is 6.88. The van der Waals surface area contributed by atoms with E-state index in [4.69, 9.17) is 9.15 Å². The van der Waals surface area contributed by atoms with Gasteiger partial charge < -0.3 is 19.4 Å². The summed E-state index contributed by atoms with van der Waals surface area (Å²) in [5.41, 5.74) is 0.0264.